The van der Waals surface area contributed by atoms with E-state index in [4.69, 9.17) is 21.4 Å². The Bertz CT molecular complexity index is 636. The van der Waals surface area contributed by atoms with Crippen LogP contribution in [0.4, 0.5) is 0 Å². The predicted octanol–water partition coefficient (Wildman–Crippen LogP) is 2.65. The monoisotopic (exact) mass is 312 g/mol. The van der Waals surface area contributed by atoms with Crippen molar-refractivity contribution in [1.29, 1.82) is 0 Å². The average Bonchev–Trinajstić information content (AvgIpc) is 2.41. The topological polar surface area (TPSA) is 72.3 Å². The van der Waals surface area contributed by atoms with Crippen LogP contribution in [0.15, 0.2) is 23.2 Å². The van der Waals surface area contributed by atoms with Gasteiger partial charge in [0.15, 0.2) is 0 Å². The Labute approximate surface area is 125 Å². The molecule has 0 spiro atoms. The van der Waals surface area contributed by atoms with Crippen LogP contribution in [-0.4, -0.2) is 40.5 Å². The molecule has 5 nitrogen and oxygen atoms in total. The number of benzene rings is 1. The van der Waals surface area contributed by atoms with Gasteiger partial charge in [0.1, 0.15) is 10.9 Å². The van der Waals surface area contributed by atoms with Gasteiger partial charge in [0.25, 0.3) is 0 Å². The van der Waals surface area contributed by atoms with Crippen molar-refractivity contribution in [3.63, 3.8) is 0 Å². The van der Waals surface area contributed by atoms with Crippen molar-refractivity contribution >= 4 is 40.2 Å². The second kappa shape index (κ2) is 6.88. The maximum absolute atomic E-state index is 10.7. The molecule has 1 N–H and O–H groups in total. The maximum atomic E-state index is 10.7. The first-order valence-corrected chi connectivity index (χ1v) is 7.26. The number of aromatic nitrogens is 2. The third-order valence-electron chi connectivity index (χ3n) is 2.53. The van der Waals surface area contributed by atoms with E-state index in [0.717, 1.165) is 5.39 Å². The van der Waals surface area contributed by atoms with Crippen molar-refractivity contribution < 1.29 is 14.6 Å². The number of fused-ring (bicyclic) bond motifs is 1. The van der Waals surface area contributed by atoms with Crippen LogP contribution in [-0.2, 0) is 16.0 Å². The van der Waals surface area contributed by atoms with Crippen molar-refractivity contribution in [2.24, 2.45) is 0 Å². The van der Waals surface area contributed by atoms with Crippen molar-refractivity contribution in [1.82, 2.24) is 9.97 Å². The fourth-order valence-electron chi connectivity index (χ4n) is 1.66. The summed E-state index contributed by atoms with van der Waals surface area (Å²) >= 11 is 7.15. The maximum Gasteiger partial charge on any atom is 0.313 e. The fraction of sp³-hybridized carbons (Fsp3) is 0.308. The molecule has 0 amide bonds. The van der Waals surface area contributed by atoms with Crippen molar-refractivity contribution in [3.8, 4) is 0 Å². The molecule has 7 heteroatoms. The molecule has 0 unspecified atom stereocenters. The van der Waals surface area contributed by atoms with Gasteiger partial charge in [-0.05, 0) is 18.2 Å². The van der Waals surface area contributed by atoms with E-state index in [2.05, 4.69) is 9.97 Å². The molecule has 0 bridgehead atoms. The molecule has 1 aromatic heterocycles. The molecule has 0 aliphatic rings. The molecule has 1 heterocycles. The lowest BCUT2D eigenvalue weighted by Crippen LogP contribution is -2.04. The zero-order valence-electron chi connectivity index (χ0n) is 10.8. The zero-order valence-corrected chi connectivity index (χ0v) is 12.4. The molecular weight excluding hydrogens is 300 g/mol. The van der Waals surface area contributed by atoms with Gasteiger partial charge < -0.3 is 9.84 Å². The van der Waals surface area contributed by atoms with E-state index in [1.165, 1.54) is 11.8 Å². The number of hydrogen-bond donors (Lipinski definition) is 1. The lowest BCUT2D eigenvalue weighted by molar-refractivity contribution is -0.133. The quantitative estimate of drug-likeness (QED) is 0.653. The number of carbonyl (C=O) groups is 1. The first-order valence-electron chi connectivity index (χ1n) is 5.90. The Kier molecular flexibility index (Phi) is 5.17. The zero-order chi connectivity index (χ0) is 14.5. The summed E-state index contributed by atoms with van der Waals surface area (Å²) < 4.78 is 5.01. The number of carboxylic acid groups (broad SMARTS) is 1. The number of carboxylic acids is 1. The van der Waals surface area contributed by atoms with Crippen LogP contribution in [0.1, 0.15) is 5.82 Å². The molecule has 0 fully saturated rings. The van der Waals surface area contributed by atoms with E-state index in [1.54, 1.807) is 19.2 Å². The van der Waals surface area contributed by atoms with Crippen LogP contribution in [0.5, 0.6) is 0 Å². The molecule has 106 valence electrons. The second-order valence-corrected chi connectivity index (χ2v) is 5.43. The molecule has 20 heavy (non-hydrogen) atoms. The van der Waals surface area contributed by atoms with Gasteiger partial charge in [0.05, 0.1) is 17.9 Å². The Morgan fingerprint density at radius 2 is 2.25 bits per heavy atom. The molecule has 1 aromatic carbocycles. The summed E-state index contributed by atoms with van der Waals surface area (Å²) in [5.74, 6) is -0.304. The predicted molar refractivity (Wildman–Crippen MR) is 78.5 cm³/mol. The van der Waals surface area contributed by atoms with E-state index in [0.29, 0.717) is 34.4 Å². The van der Waals surface area contributed by atoms with Crippen molar-refractivity contribution in [2.75, 3.05) is 19.5 Å². The van der Waals surface area contributed by atoms with Crippen LogP contribution >= 0.6 is 23.4 Å². The minimum absolute atomic E-state index is 0.0432. The van der Waals surface area contributed by atoms with Gasteiger partial charge in [-0.1, -0.05) is 23.4 Å². The normalized spacial score (nSPS) is 10.9. The summed E-state index contributed by atoms with van der Waals surface area (Å²) in [6, 6.07) is 5.30. The van der Waals surface area contributed by atoms with Crippen molar-refractivity contribution in [2.45, 2.75) is 11.4 Å². The molecule has 0 atom stereocenters. The van der Waals surface area contributed by atoms with Gasteiger partial charge in [-0.25, -0.2) is 9.97 Å². The number of thioether (sulfide) groups is 1. The minimum Gasteiger partial charge on any atom is -0.481 e. The molecular formula is C13H13ClN2O3S. The van der Waals surface area contributed by atoms with Gasteiger partial charge in [0, 0.05) is 23.9 Å². The molecule has 0 aliphatic heterocycles. The molecule has 0 aliphatic carbocycles. The van der Waals surface area contributed by atoms with Crippen LogP contribution < -0.4 is 0 Å². The molecule has 0 saturated carbocycles. The molecule has 0 saturated heterocycles. The van der Waals surface area contributed by atoms with Gasteiger partial charge in [-0.3, -0.25) is 4.79 Å². The minimum atomic E-state index is -0.880. The summed E-state index contributed by atoms with van der Waals surface area (Å²) in [7, 11) is 1.61. The first kappa shape index (κ1) is 15.0. The number of halogens is 1. The Morgan fingerprint density at radius 3 is 2.95 bits per heavy atom. The summed E-state index contributed by atoms with van der Waals surface area (Å²) in [6.45, 7) is 0.509. The van der Waals surface area contributed by atoms with Gasteiger partial charge in [0.2, 0.25) is 0 Å². The molecule has 0 radical (unpaired) electrons. The number of methoxy groups -OCH3 is 1. The van der Waals surface area contributed by atoms with Gasteiger partial charge >= 0.3 is 5.97 Å². The highest BCUT2D eigenvalue weighted by atomic mass is 35.5. The van der Waals surface area contributed by atoms with Crippen LogP contribution in [0, 0.1) is 0 Å². The number of rotatable bonds is 6. The van der Waals surface area contributed by atoms with Gasteiger partial charge in [-0.15, -0.1) is 0 Å². The summed E-state index contributed by atoms with van der Waals surface area (Å²) in [4.78, 5) is 19.5. The summed E-state index contributed by atoms with van der Waals surface area (Å²) in [6.07, 6.45) is 0.569. The van der Waals surface area contributed by atoms with Crippen molar-refractivity contribution in [3.05, 3.63) is 29.0 Å². The van der Waals surface area contributed by atoms with Crippen LogP contribution in [0.3, 0.4) is 0 Å². The SMILES string of the molecule is COCCc1nc(SCC(=O)O)c2ccc(Cl)cc2n1. The van der Waals surface area contributed by atoms with E-state index in [9.17, 15) is 4.79 Å². The standard InChI is InChI=1S/C13H13ClN2O3S/c1-19-5-4-11-15-10-6-8(14)2-3-9(10)13(16-11)20-7-12(17)18/h2-3,6H,4-5,7H2,1H3,(H,17,18). The Morgan fingerprint density at radius 1 is 1.45 bits per heavy atom. The smallest absolute Gasteiger partial charge is 0.313 e. The van der Waals surface area contributed by atoms with Crippen LogP contribution in [0.25, 0.3) is 10.9 Å². The highest BCUT2D eigenvalue weighted by Gasteiger charge is 2.10. The second-order valence-electron chi connectivity index (χ2n) is 4.03. The molecule has 2 aromatic rings. The van der Waals surface area contributed by atoms with E-state index in [1.807, 2.05) is 6.07 Å². The highest BCUT2D eigenvalue weighted by molar-refractivity contribution is 8.00. The van der Waals surface area contributed by atoms with E-state index in [-0.39, 0.29) is 5.75 Å². The third kappa shape index (κ3) is 3.82. The first-order chi connectivity index (χ1) is 9.60. The fourth-order valence-corrected chi connectivity index (χ4v) is 2.59. The third-order valence-corrected chi connectivity index (χ3v) is 3.74. The number of hydrogen-bond acceptors (Lipinski definition) is 5. The van der Waals surface area contributed by atoms with E-state index < -0.39 is 5.97 Å². The molecule has 2 rings (SSSR count). The lowest BCUT2D eigenvalue weighted by atomic mass is 10.2. The number of ether oxygens (including phenoxy) is 1. The summed E-state index contributed by atoms with van der Waals surface area (Å²) in [5.41, 5.74) is 0.714. The van der Waals surface area contributed by atoms with Gasteiger partial charge in [-0.2, -0.15) is 0 Å². The summed E-state index contributed by atoms with van der Waals surface area (Å²) in [5, 5.41) is 10.8. The van der Waals surface area contributed by atoms with Crippen LogP contribution in [0.2, 0.25) is 5.02 Å². The van der Waals surface area contributed by atoms with E-state index >= 15 is 0 Å². The Balaban J connectivity index is 2.42. The largest absolute Gasteiger partial charge is 0.481 e. The number of nitrogens with zero attached hydrogens (tertiary/aromatic N) is 2. The highest BCUT2D eigenvalue weighted by Crippen LogP contribution is 2.27. The Hall–Kier alpha value is -1.37. The number of aliphatic carboxylic acids is 1. The lowest BCUT2D eigenvalue weighted by Gasteiger charge is -2.07. The average molecular weight is 313 g/mol.